The van der Waals surface area contributed by atoms with Gasteiger partial charge in [-0.15, -0.1) is 0 Å². The molecule has 4 rings (SSSR count). The first-order valence-corrected chi connectivity index (χ1v) is 12.6. The Morgan fingerprint density at radius 2 is 1.92 bits per heavy atom. The average molecular weight is 509 g/mol. The van der Waals surface area contributed by atoms with Crippen LogP contribution in [-0.2, 0) is 29.9 Å². The first kappa shape index (κ1) is 25.0. The van der Waals surface area contributed by atoms with Crippen LogP contribution in [0, 0.1) is 10.1 Å². The molecule has 0 unspecified atom stereocenters. The molecule has 11 heteroatoms. The van der Waals surface area contributed by atoms with Gasteiger partial charge in [-0.2, -0.15) is 0 Å². The molecule has 0 amide bonds. The highest BCUT2D eigenvalue weighted by Gasteiger charge is 2.28. The van der Waals surface area contributed by atoms with Crippen LogP contribution in [0.4, 0.5) is 5.69 Å². The maximum absolute atomic E-state index is 12.9. The van der Waals surface area contributed by atoms with Gasteiger partial charge >= 0.3 is 0 Å². The highest BCUT2D eigenvalue weighted by Crippen LogP contribution is 2.29. The van der Waals surface area contributed by atoms with Crippen molar-refractivity contribution in [2.75, 3.05) is 13.2 Å². The third kappa shape index (κ3) is 5.58. The lowest BCUT2D eigenvalue weighted by Crippen LogP contribution is -2.29. The van der Waals surface area contributed by atoms with Gasteiger partial charge in [0.25, 0.3) is 11.2 Å². The minimum absolute atomic E-state index is 0.00496. The molecule has 0 bridgehead atoms. The van der Waals surface area contributed by atoms with Crippen LogP contribution in [0.1, 0.15) is 11.1 Å². The first-order chi connectivity index (χ1) is 17.3. The second kappa shape index (κ2) is 10.7. The van der Waals surface area contributed by atoms with E-state index in [0.717, 1.165) is 16.5 Å². The number of hydrogen-bond donors (Lipinski definition) is 1. The van der Waals surface area contributed by atoms with Gasteiger partial charge in [0.05, 0.1) is 10.4 Å². The summed E-state index contributed by atoms with van der Waals surface area (Å²) in [5, 5.41) is 12.6. The third-order valence-corrected chi connectivity index (χ3v) is 7.21. The van der Waals surface area contributed by atoms with Crippen molar-refractivity contribution in [2.24, 2.45) is 7.05 Å². The minimum atomic E-state index is -4.16. The van der Waals surface area contributed by atoms with E-state index in [1.165, 1.54) is 22.8 Å². The van der Waals surface area contributed by atoms with E-state index in [2.05, 4.69) is 9.71 Å². The maximum atomic E-state index is 12.9. The highest BCUT2D eigenvalue weighted by atomic mass is 32.2. The summed E-state index contributed by atoms with van der Waals surface area (Å²) in [6.45, 7) is -0.0876. The fourth-order valence-corrected chi connectivity index (χ4v) is 5.12. The summed E-state index contributed by atoms with van der Waals surface area (Å²) in [6, 6.07) is 16.2. The maximum Gasteiger partial charge on any atom is 0.292 e. The summed E-state index contributed by atoms with van der Waals surface area (Å²) >= 11 is 0. The Kier molecular flexibility index (Phi) is 7.41. The van der Waals surface area contributed by atoms with Crippen LogP contribution < -0.4 is 15.0 Å². The molecule has 4 aromatic rings. The Labute approximate surface area is 207 Å². The smallest absolute Gasteiger partial charge is 0.292 e. The first-order valence-electron chi connectivity index (χ1n) is 11.1. The topological polar surface area (TPSA) is 133 Å². The van der Waals surface area contributed by atoms with Gasteiger partial charge in [-0.25, -0.2) is 13.1 Å². The number of sulfonamides is 1. The fraction of sp³-hybridized carbons (Fsp3) is 0.200. The Balaban J connectivity index is 1.44. The molecular weight excluding hydrogens is 484 g/mol. The number of nitrogens with zero attached hydrogens (tertiary/aromatic N) is 3. The predicted octanol–water partition coefficient (Wildman–Crippen LogP) is 2.98. The fourth-order valence-electron chi connectivity index (χ4n) is 3.89. The molecule has 0 fully saturated rings. The van der Waals surface area contributed by atoms with Gasteiger partial charge < -0.3 is 9.30 Å². The second-order valence-corrected chi connectivity index (χ2v) is 9.82. The lowest BCUT2D eigenvalue weighted by Gasteiger charge is -2.12. The van der Waals surface area contributed by atoms with E-state index in [9.17, 15) is 23.3 Å². The molecule has 2 aromatic carbocycles. The third-order valence-electron chi connectivity index (χ3n) is 5.72. The number of aromatic nitrogens is 2. The number of nitrogens with one attached hydrogen (secondary N) is 1. The van der Waals surface area contributed by atoms with Gasteiger partial charge in [-0.3, -0.25) is 19.9 Å². The zero-order chi connectivity index (χ0) is 25.7. The predicted molar refractivity (Wildman–Crippen MR) is 135 cm³/mol. The Morgan fingerprint density at radius 3 is 2.67 bits per heavy atom. The number of ether oxygens (including phenoxy) is 1. The summed E-state index contributed by atoms with van der Waals surface area (Å²) in [5.74, 6) is 0.503. The highest BCUT2D eigenvalue weighted by molar-refractivity contribution is 7.89. The molecule has 0 radical (unpaired) electrons. The van der Waals surface area contributed by atoms with Crippen molar-refractivity contribution in [2.45, 2.75) is 17.7 Å². The van der Waals surface area contributed by atoms with Crippen LogP contribution >= 0.6 is 0 Å². The number of aryl methyl sites for hydroxylation is 3. The normalized spacial score (nSPS) is 11.5. The van der Waals surface area contributed by atoms with Crippen molar-refractivity contribution < 1.29 is 18.1 Å². The Hall–Kier alpha value is -4.09. The van der Waals surface area contributed by atoms with Gasteiger partial charge in [0.2, 0.25) is 10.0 Å². The number of para-hydroxylation sites is 1. The second-order valence-electron chi connectivity index (χ2n) is 8.08. The number of hydrogen-bond acceptors (Lipinski definition) is 7. The van der Waals surface area contributed by atoms with Gasteiger partial charge in [-0.1, -0.05) is 18.2 Å². The number of nitro groups is 1. The van der Waals surface area contributed by atoms with E-state index in [1.807, 2.05) is 6.07 Å². The standard InChI is InChI=1S/C25H24N4O6S/c1-28-22-11-10-21(16-20(22)9-12-24(28)30)35-15-14-27-36(33,34)23-6-2-5-19(25(23)29(31)32)8-7-18-4-3-13-26-17-18/h2-6,9-13,16-17,27H,7-8,14-15H2,1H3. The minimum Gasteiger partial charge on any atom is -0.492 e. The number of benzene rings is 2. The average Bonchev–Trinajstić information content (AvgIpc) is 2.88. The number of pyridine rings is 2. The van der Waals surface area contributed by atoms with Crippen molar-refractivity contribution in [1.82, 2.24) is 14.3 Å². The largest absolute Gasteiger partial charge is 0.492 e. The summed E-state index contributed by atoms with van der Waals surface area (Å²) in [4.78, 5) is 26.6. The van der Waals surface area contributed by atoms with Crippen LogP contribution in [0.3, 0.4) is 0 Å². The van der Waals surface area contributed by atoms with Crippen LogP contribution in [0.15, 0.2) is 82.7 Å². The van der Waals surface area contributed by atoms with Crippen molar-refractivity contribution >= 4 is 26.6 Å². The van der Waals surface area contributed by atoms with Gasteiger partial charge in [0.1, 0.15) is 12.4 Å². The zero-order valence-corrected chi connectivity index (χ0v) is 20.3. The van der Waals surface area contributed by atoms with Crippen molar-refractivity contribution in [3.05, 3.63) is 105 Å². The van der Waals surface area contributed by atoms with Gasteiger partial charge in [0.15, 0.2) is 4.90 Å². The molecule has 0 atom stereocenters. The van der Waals surface area contributed by atoms with Gasteiger partial charge in [-0.05, 0) is 54.8 Å². The molecule has 0 saturated carbocycles. The number of nitro benzene ring substituents is 1. The SMILES string of the molecule is Cn1c(=O)ccc2cc(OCCNS(=O)(=O)c3cccc(CCc4cccnc4)c3[N+](=O)[O-])ccc21. The lowest BCUT2D eigenvalue weighted by molar-refractivity contribution is -0.388. The van der Waals surface area contributed by atoms with E-state index >= 15 is 0 Å². The Bertz CT molecular complexity index is 1570. The summed E-state index contributed by atoms with van der Waals surface area (Å²) in [5.41, 5.74) is 1.40. The van der Waals surface area contributed by atoms with Gasteiger partial charge in [0, 0.05) is 43.0 Å². The molecule has 2 aromatic heterocycles. The summed E-state index contributed by atoms with van der Waals surface area (Å²) < 4.78 is 35.4. The van der Waals surface area contributed by atoms with Crippen molar-refractivity contribution in [1.29, 1.82) is 0 Å². The van der Waals surface area contributed by atoms with Crippen LogP contribution in [-0.4, -0.2) is 36.0 Å². The molecule has 0 aliphatic rings. The molecule has 10 nitrogen and oxygen atoms in total. The molecule has 1 N–H and O–H groups in total. The molecule has 0 aliphatic heterocycles. The molecule has 0 saturated heterocycles. The van der Waals surface area contributed by atoms with E-state index in [4.69, 9.17) is 4.74 Å². The number of rotatable bonds is 10. The van der Waals surface area contributed by atoms with E-state index in [-0.39, 0.29) is 23.6 Å². The quantitative estimate of drug-likeness (QED) is 0.198. The monoisotopic (exact) mass is 508 g/mol. The molecule has 0 spiro atoms. The summed E-state index contributed by atoms with van der Waals surface area (Å²) in [7, 11) is -2.49. The van der Waals surface area contributed by atoms with E-state index in [0.29, 0.717) is 24.2 Å². The van der Waals surface area contributed by atoms with Crippen molar-refractivity contribution in [3.63, 3.8) is 0 Å². The Morgan fingerprint density at radius 1 is 1.08 bits per heavy atom. The van der Waals surface area contributed by atoms with Crippen molar-refractivity contribution in [3.8, 4) is 5.75 Å². The summed E-state index contributed by atoms with van der Waals surface area (Å²) in [6.07, 6.45) is 4.09. The van der Waals surface area contributed by atoms with Crippen LogP contribution in [0.2, 0.25) is 0 Å². The van der Waals surface area contributed by atoms with E-state index < -0.39 is 20.6 Å². The van der Waals surface area contributed by atoms with E-state index in [1.54, 1.807) is 55.8 Å². The number of fused-ring (bicyclic) bond motifs is 1. The molecule has 2 heterocycles. The molecule has 36 heavy (non-hydrogen) atoms. The molecule has 0 aliphatic carbocycles. The van der Waals surface area contributed by atoms with Crippen LogP contribution in [0.5, 0.6) is 5.75 Å². The molecule has 186 valence electrons. The molecular formula is C25H24N4O6S. The van der Waals surface area contributed by atoms with Crippen LogP contribution in [0.25, 0.3) is 10.9 Å². The zero-order valence-electron chi connectivity index (χ0n) is 19.5. The lowest BCUT2D eigenvalue weighted by atomic mass is 10.0.